The van der Waals surface area contributed by atoms with E-state index >= 15 is 0 Å². The van der Waals surface area contributed by atoms with E-state index in [4.69, 9.17) is 4.18 Å². The van der Waals surface area contributed by atoms with Gasteiger partial charge < -0.3 is 4.18 Å². The molecule has 0 bridgehead atoms. The molecule has 100 valence electrons. The van der Waals surface area contributed by atoms with Gasteiger partial charge in [-0.15, -0.1) is 0 Å². The Balaban J connectivity index is 1.88. The van der Waals surface area contributed by atoms with E-state index in [0.717, 1.165) is 0 Å². The van der Waals surface area contributed by atoms with E-state index in [1.54, 1.807) is 42.5 Å². The first-order valence-corrected chi connectivity index (χ1v) is 6.85. The molecule has 1 aliphatic rings. The lowest BCUT2D eigenvalue weighted by molar-refractivity contribution is 0.0764. The third kappa shape index (κ3) is 2.00. The number of para-hydroxylation sites is 1. The number of benzene rings is 2. The van der Waals surface area contributed by atoms with Crippen molar-refractivity contribution in [2.45, 2.75) is 0 Å². The molecule has 0 saturated heterocycles. The Morgan fingerprint density at radius 1 is 0.800 bits per heavy atom. The number of nitrogens with zero attached hydrogens (tertiary/aromatic N) is 1. The molecule has 2 aromatic carbocycles. The molecule has 0 aromatic heterocycles. The van der Waals surface area contributed by atoms with Crippen LogP contribution < -0.4 is 4.18 Å². The minimum Gasteiger partial charge on any atom is -0.385 e. The molecule has 3 rings (SSSR count). The highest BCUT2D eigenvalue weighted by atomic mass is 32.2. The third-order valence-corrected chi connectivity index (χ3v) is 3.78. The van der Waals surface area contributed by atoms with Crippen molar-refractivity contribution in [2.75, 3.05) is 0 Å². The van der Waals surface area contributed by atoms with Crippen molar-refractivity contribution in [1.29, 1.82) is 0 Å². The van der Waals surface area contributed by atoms with Crippen LogP contribution in [0.4, 0.5) is 0 Å². The highest BCUT2D eigenvalue weighted by molar-refractivity contribution is 7.79. The number of carbonyl (C=O) groups excluding carboxylic acids is 2. The third-order valence-electron chi connectivity index (χ3n) is 2.82. The van der Waals surface area contributed by atoms with Gasteiger partial charge in [-0.05, 0) is 24.3 Å². The summed E-state index contributed by atoms with van der Waals surface area (Å²) in [5.41, 5.74) is 0.477. The molecular weight excluding hydrogens is 278 g/mol. The highest BCUT2D eigenvalue weighted by Gasteiger charge is 2.40. The fourth-order valence-electron chi connectivity index (χ4n) is 1.90. The molecule has 5 nitrogen and oxygen atoms in total. The Morgan fingerprint density at radius 2 is 1.30 bits per heavy atom. The van der Waals surface area contributed by atoms with Crippen LogP contribution in [0.5, 0.6) is 5.75 Å². The fourth-order valence-corrected chi connectivity index (χ4v) is 2.72. The van der Waals surface area contributed by atoms with Crippen molar-refractivity contribution in [3.05, 3.63) is 65.7 Å². The monoisotopic (exact) mass is 287 g/mol. The van der Waals surface area contributed by atoms with Gasteiger partial charge in [0.1, 0.15) is 5.75 Å². The molecule has 0 aliphatic carbocycles. The van der Waals surface area contributed by atoms with Crippen LogP contribution >= 0.6 is 0 Å². The lowest BCUT2D eigenvalue weighted by atomic mass is 10.1. The van der Waals surface area contributed by atoms with Crippen LogP contribution in [0, 0.1) is 0 Å². The number of hydrogen-bond acceptors (Lipinski definition) is 4. The Bertz CT molecular complexity index is 679. The van der Waals surface area contributed by atoms with Gasteiger partial charge in [0.05, 0.1) is 11.1 Å². The van der Waals surface area contributed by atoms with Crippen LogP contribution in [0.2, 0.25) is 0 Å². The van der Waals surface area contributed by atoms with Crippen molar-refractivity contribution in [3.63, 3.8) is 0 Å². The largest absolute Gasteiger partial charge is 0.385 e. The van der Waals surface area contributed by atoms with Gasteiger partial charge in [-0.3, -0.25) is 9.59 Å². The van der Waals surface area contributed by atoms with Crippen LogP contribution in [0.25, 0.3) is 0 Å². The number of carbonyl (C=O) groups is 2. The average Bonchev–Trinajstić information content (AvgIpc) is 2.72. The first-order valence-electron chi connectivity index (χ1n) is 5.81. The Labute approximate surface area is 117 Å². The summed E-state index contributed by atoms with van der Waals surface area (Å²) in [6.45, 7) is 0. The number of imide groups is 1. The maximum Gasteiger partial charge on any atom is 0.328 e. The van der Waals surface area contributed by atoms with E-state index in [-0.39, 0.29) is 11.1 Å². The van der Waals surface area contributed by atoms with E-state index in [9.17, 15) is 13.8 Å². The molecule has 0 spiro atoms. The van der Waals surface area contributed by atoms with Crippen LogP contribution in [0.15, 0.2) is 54.6 Å². The first-order chi connectivity index (χ1) is 9.68. The molecule has 0 fully saturated rings. The number of fused-ring (bicyclic) bond motifs is 1. The van der Waals surface area contributed by atoms with Gasteiger partial charge in [-0.2, -0.15) is 8.51 Å². The lowest BCUT2D eigenvalue weighted by Gasteiger charge is -2.12. The summed E-state index contributed by atoms with van der Waals surface area (Å²) in [5, 5.41) is 0. The summed E-state index contributed by atoms with van der Waals surface area (Å²) in [6, 6.07) is 14.7. The summed E-state index contributed by atoms with van der Waals surface area (Å²) in [4.78, 5) is 24.1. The summed E-state index contributed by atoms with van der Waals surface area (Å²) < 4.78 is 17.8. The smallest absolute Gasteiger partial charge is 0.328 e. The molecule has 0 radical (unpaired) electrons. The van der Waals surface area contributed by atoms with Gasteiger partial charge in [0.15, 0.2) is 0 Å². The van der Waals surface area contributed by atoms with E-state index in [0.29, 0.717) is 10.1 Å². The van der Waals surface area contributed by atoms with Crippen molar-refractivity contribution in [1.82, 2.24) is 4.31 Å². The molecule has 1 unspecified atom stereocenters. The second kappa shape index (κ2) is 4.90. The van der Waals surface area contributed by atoms with Crippen molar-refractivity contribution in [3.8, 4) is 5.75 Å². The van der Waals surface area contributed by atoms with E-state index in [1.165, 1.54) is 12.1 Å². The fraction of sp³-hybridized carbons (Fsp3) is 0. The minimum atomic E-state index is -2.20. The highest BCUT2D eigenvalue weighted by Crippen LogP contribution is 2.24. The maximum atomic E-state index is 12.1. The van der Waals surface area contributed by atoms with Crippen LogP contribution in [-0.4, -0.2) is 20.3 Å². The topological polar surface area (TPSA) is 63.7 Å². The predicted octanol–water partition coefficient (Wildman–Crippen LogP) is 1.94. The Kier molecular flexibility index (Phi) is 3.08. The van der Waals surface area contributed by atoms with E-state index < -0.39 is 23.1 Å². The number of hydrogen-bond donors (Lipinski definition) is 0. The number of rotatable bonds is 3. The minimum absolute atomic E-state index is 0.238. The molecule has 20 heavy (non-hydrogen) atoms. The summed E-state index contributed by atoms with van der Waals surface area (Å²) >= 11 is -2.20. The van der Waals surface area contributed by atoms with Gasteiger partial charge in [-0.1, -0.05) is 30.3 Å². The molecule has 2 aromatic rings. The molecule has 1 heterocycles. The lowest BCUT2D eigenvalue weighted by Crippen LogP contribution is -2.34. The zero-order valence-electron chi connectivity index (χ0n) is 10.2. The molecule has 0 N–H and O–H groups in total. The molecular formula is C14H9NO4S. The molecule has 6 heteroatoms. The second-order valence-corrected chi connectivity index (χ2v) is 5.03. The van der Waals surface area contributed by atoms with Gasteiger partial charge in [0, 0.05) is 0 Å². The normalized spacial score (nSPS) is 15.1. The zero-order valence-corrected chi connectivity index (χ0v) is 11.0. The average molecular weight is 287 g/mol. The van der Waals surface area contributed by atoms with Crippen molar-refractivity contribution < 1.29 is 18.0 Å². The summed E-state index contributed by atoms with van der Waals surface area (Å²) in [6.07, 6.45) is 0. The standard InChI is InChI=1S/C14H9NO4S/c16-13-11-8-4-5-9-12(11)14(17)15(13)20(18)19-10-6-2-1-3-7-10/h1-9H. The summed E-state index contributed by atoms with van der Waals surface area (Å²) in [5.74, 6) is -0.901. The Morgan fingerprint density at radius 3 is 1.85 bits per heavy atom. The van der Waals surface area contributed by atoms with Crippen molar-refractivity contribution in [2.24, 2.45) is 0 Å². The van der Waals surface area contributed by atoms with Crippen LogP contribution in [0.1, 0.15) is 20.7 Å². The molecule has 1 atom stereocenters. The quantitative estimate of drug-likeness (QED) is 0.809. The molecule has 1 aliphatic heterocycles. The van der Waals surface area contributed by atoms with Crippen LogP contribution in [-0.2, 0) is 11.3 Å². The predicted molar refractivity (Wildman–Crippen MR) is 72.2 cm³/mol. The van der Waals surface area contributed by atoms with E-state index in [1.807, 2.05) is 0 Å². The van der Waals surface area contributed by atoms with Gasteiger partial charge in [0.25, 0.3) is 11.8 Å². The SMILES string of the molecule is O=C1c2ccccc2C(=O)N1S(=O)Oc1ccccc1. The van der Waals surface area contributed by atoms with Gasteiger partial charge in [0.2, 0.25) is 0 Å². The molecule has 2 amide bonds. The van der Waals surface area contributed by atoms with E-state index in [2.05, 4.69) is 0 Å². The maximum absolute atomic E-state index is 12.1. The number of amides is 2. The first kappa shape index (κ1) is 12.6. The van der Waals surface area contributed by atoms with Crippen LogP contribution in [0.3, 0.4) is 0 Å². The zero-order chi connectivity index (χ0) is 14.1. The molecule has 0 saturated carbocycles. The Hall–Kier alpha value is -2.47. The van der Waals surface area contributed by atoms with Gasteiger partial charge in [-0.25, -0.2) is 0 Å². The summed E-state index contributed by atoms with van der Waals surface area (Å²) in [7, 11) is 0. The second-order valence-electron chi connectivity index (χ2n) is 4.06. The van der Waals surface area contributed by atoms with Gasteiger partial charge >= 0.3 is 11.3 Å². The van der Waals surface area contributed by atoms with Crippen molar-refractivity contribution >= 4 is 23.1 Å².